The van der Waals surface area contributed by atoms with Gasteiger partial charge in [-0.3, -0.25) is 9.59 Å². The van der Waals surface area contributed by atoms with Crippen molar-refractivity contribution in [1.29, 1.82) is 0 Å². The van der Waals surface area contributed by atoms with E-state index in [0.717, 1.165) is 0 Å². The molecule has 0 heterocycles. The van der Waals surface area contributed by atoms with Crippen LogP contribution in [0.15, 0.2) is 0 Å². The maximum atomic E-state index is 13.4. The summed E-state index contributed by atoms with van der Waals surface area (Å²) in [6.45, 7) is 21.5. The molecule has 6 N–H and O–H groups in total. The Morgan fingerprint density at radius 2 is 0.719 bits per heavy atom. The van der Waals surface area contributed by atoms with E-state index in [1.807, 2.05) is 0 Å². The number of amides is 6. The van der Waals surface area contributed by atoms with Crippen LogP contribution in [0.5, 0.6) is 0 Å². The lowest BCUT2D eigenvalue weighted by molar-refractivity contribution is -0.145. The summed E-state index contributed by atoms with van der Waals surface area (Å²) in [5.41, 5.74) is -2.88. The average molecular weight is 817 g/mol. The van der Waals surface area contributed by atoms with E-state index in [-0.39, 0.29) is 32.4 Å². The van der Waals surface area contributed by atoms with Gasteiger partial charge < -0.3 is 55.6 Å². The van der Waals surface area contributed by atoms with Gasteiger partial charge in [0.15, 0.2) is 0 Å². The summed E-state index contributed by atoms with van der Waals surface area (Å²) < 4.78 is 26.1. The van der Waals surface area contributed by atoms with Crippen LogP contribution in [0.1, 0.15) is 141 Å². The quantitative estimate of drug-likeness (QED) is 0.0504. The molecule has 57 heavy (non-hydrogen) atoms. The van der Waals surface area contributed by atoms with Crippen molar-refractivity contribution in [3.8, 4) is 0 Å². The molecule has 0 aliphatic carbocycles. The van der Waals surface area contributed by atoms with Crippen molar-refractivity contribution >= 4 is 42.2 Å². The maximum absolute atomic E-state index is 13.4. The maximum Gasteiger partial charge on any atom is 0.408 e. The zero-order chi connectivity index (χ0) is 44.0. The van der Waals surface area contributed by atoms with Gasteiger partial charge in [0.05, 0.1) is 7.11 Å². The molecular weight excluding hydrogens is 744 g/mol. The average Bonchev–Trinajstić information content (AvgIpc) is 3.02. The molecule has 0 bridgehead atoms. The summed E-state index contributed by atoms with van der Waals surface area (Å²) in [5, 5.41) is 16.0. The highest BCUT2D eigenvalue weighted by atomic mass is 16.6. The van der Waals surface area contributed by atoms with Gasteiger partial charge in [-0.1, -0.05) is 0 Å². The minimum atomic E-state index is -1.06. The molecule has 0 saturated carbocycles. The van der Waals surface area contributed by atoms with E-state index >= 15 is 0 Å². The Kier molecular flexibility index (Phi) is 23.0. The summed E-state index contributed by atoms with van der Waals surface area (Å²) in [5.74, 6) is -1.74. The molecule has 0 aromatic carbocycles. The van der Waals surface area contributed by atoms with Crippen molar-refractivity contribution in [2.24, 2.45) is 0 Å². The number of alkyl carbamates (subject to hydrolysis) is 4. The van der Waals surface area contributed by atoms with Gasteiger partial charge in [0.25, 0.3) is 0 Å². The SMILES string of the molecule is COC(=O)C(CCCCNC(=O)C(CCCCNC(=O)OC(C)(C)C)NC(=O)OC(C)(C)C)NC(=O)C(CCCCNC(=O)OC(C)(C)C)NC(=O)OC(C)(C)C. The van der Waals surface area contributed by atoms with E-state index in [1.54, 1.807) is 83.1 Å². The van der Waals surface area contributed by atoms with Crippen LogP contribution < -0.4 is 31.9 Å². The van der Waals surface area contributed by atoms with E-state index in [4.69, 9.17) is 23.7 Å². The summed E-state index contributed by atoms with van der Waals surface area (Å²) in [4.78, 5) is 88.3. The second-order valence-electron chi connectivity index (χ2n) is 17.6. The minimum absolute atomic E-state index is 0.164. The third-order valence-corrected chi connectivity index (χ3v) is 7.21. The highest BCUT2D eigenvalue weighted by molar-refractivity contribution is 5.89. The van der Waals surface area contributed by atoms with Crippen LogP contribution in [0.25, 0.3) is 0 Å². The Morgan fingerprint density at radius 1 is 0.404 bits per heavy atom. The minimum Gasteiger partial charge on any atom is -0.467 e. The molecule has 0 aliphatic rings. The van der Waals surface area contributed by atoms with Gasteiger partial charge in [-0.2, -0.15) is 0 Å². The molecular formula is C39H72N6O12. The molecule has 0 aliphatic heterocycles. The van der Waals surface area contributed by atoms with Crippen molar-refractivity contribution < 1.29 is 57.2 Å². The van der Waals surface area contributed by atoms with Gasteiger partial charge in [-0.05, 0) is 141 Å². The number of nitrogens with one attached hydrogen (secondary N) is 6. The topological polar surface area (TPSA) is 238 Å². The Hall–Kier alpha value is -4.51. The van der Waals surface area contributed by atoms with E-state index in [9.17, 15) is 33.6 Å². The number of unbranched alkanes of at least 4 members (excludes halogenated alkanes) is 3. The molecule has 0 radical (unpaired) electrons. The third kappa shape index (κ3) is 29.4. The molecule has 0 aromatic rings. The van der Waals surface area contributed by atoms with Gasteiger partial charge >= 0.3 is 30.3 Å². The van der Waals surface area contributed by atoms with Crippen molar-refractivity contribution in [3.63, 3.8) is 0 Å². The van der Waals surface area contributed by atoms with Gasteiger partial charge in [0.2, 0.25) is 11.8 Å². The Labute approximate surface area is 339 Å². The van der Waals surface area contributed by atoms with Crippen molar-refractivity contribution in [2.75, 3.05) is 26.7 Å². The molecule has 0 rings (SSSR count). The van der Waals surface area contributed by atoms with E-state index in [0.29, 0.717) is 45.1 Å². The van der Waals surface area contributed by atoms with Gasteiger partial charge in [0.1, 0.15) is 40.5 Å². The molecule has 0 saturated heterocycles. The first kappa shape index (κ1) is 52.5. The summed E-state index contributed by atoms with van der Waals surface area (Å²) in [7, 11) is 1.20. The van der Waals surface area contributed by atoms with Gasteiger partial charge in [-0.25, -0.2) is 24.0 Å². The number of hydrogen-bond donors (Lipinski definition) is 6. The Morgan fingerprint density at radius 3 is 1.07 bits per heavy atom. The lowest BCUT2D eigenvalue weighted by Gasteiger charge is -2.25. The first-order valence-corrected chi connectivity index (χ1v) is 19.7. The van der Waals surface area contributed by atoms with Crippen LogP contribution >= 0.6 is 0 Å². The van der Waals surface area contributed by atoms with Crippen LogP contribution in [0, 0.1) is 0 Å². The van der Waals surface area contributed by atoms with Crippen LogP contribution in [-0.4, -0.2) is 109 Å². The van der Waals surface area contributed by atoms with E-state index < -0.39 is 82.7 Å². The molecule has 3 atom stereocenters. The van der Waals surface area contributed by atoms with Crippen molar-refractivity contribution in [3.05, 3.63) is 0 Å². The molecule has 6 amide bonds. The molecule has 330 valence electrons. The normalized spacial score (nSPS) is 13.4. The molecule has 18 heteroatoms. The first-order valence-electron chi connectivity index (χ1n) is 19.7. The standard InChI is InChI=1S/C39H72N6O12/c1-36(2,3)54-32(49)41-24-18-14-20-26(44-34(51)56-38(7,8)9)29(46)40-23-17-16-22-28(31(48)53-13)43-30(47)27(45-35(52)57-39(10,11)12)21-15-19-25-42-33(50)55-37(4,5)6/h26-28H,14-25H2,1-13H3,(H,40,46)(H,41,49)(H,42,50)(H,43,47)(H,44,51)(H,45,52). The monoisotopic (exact) mass is 817 g/mol. The lowest BCUT2D eigenvalue weighted by Crippen LogP contribution is -2.52. The number of rotatable bonds is 21. The first-order chi connectivity index (χ1) is 26.1. The molecule has 18 nitrogen and oxygen atoms in total. The summed E-state index contributed by atoms with van der Waals surface area (Å²) >= 11 is 0. The van der Waals surface area contributed by atoms with Crippen LogP contribution in [0.2, 0.25) is 0 Å². The fraction of sp³-hybridized carbons (Fsp3) is 0.821. The number of ether oxygens (including phenoxy) is 5. The lowest BCUT2D eigenvalue weighted by atomic mass is 10.1. The fourth-order valence-electron chi connectivity index (χ4n) is 4.87. The predicted molar refractivity (Wildman–Crippen MR) is 213 cm³/mol. The predicted octanol–water partition coefficient (Wildman–Crippen LogP) is 5.11. The van der Waals surface area contributed by atoms with Gasteiger partial charge in [-0.15, -0.1) is 0 Å². The number of carbonyl (C=O) groups is 7. The van der Waals surface area contributed by atoms with Crippen LogP contribution in [-0.2, 0) is 38.1 Å². The Bertz CT molecular complexity index is 1300. The molecule has 0 spiro atoms. The third-order valence-electron chi connectivity index (χ3n) is 7.21. The smallest absolute Gasteiger partial charge is 0.408 e. The van der Waals surface area contributed by atoms with Crippen molar-refractivity contribution in [2.45, 2.75) is 181 Å². The summed E-state index contributed by atoms with van der Waals surface area (Å²) in [6.07, 6.45) is 0.687. The zero-order valence-electron chi connectivity index (χ0n) is 36.6. The number of carbonyl (C=O) groups excluding carboxylic acids is 7. The summed E-state index contributed by atoms with van der Waals surface area (Å²) in [6, 6.07) is -3.02. The number of esters is 1. The van der Waals surface area contributed by atoms with Crippen molar-refractivity contribution in [1.82, 2.24) is 31.9 Å². The number of hydrogen-bond acceptors (Lipinski definition) is 12. The second kappa shape index (κ2) is 25.0. The molecule has 3 unspecified atom stereocenters. The Balaban J connectivity index is 5.34. The van der Waals surface area contributed by atoms with Gasteiger partial charge in [0, 0.05) is 19.6 Å². The largest absolute Gasteiger partial charge is 0.467 e. The second-order valence-corrected chi connectivity index (χ2v) is 17.6. The number of methoxy groups -OCH3 is 1. The highest BCUT2D eigenvalue weighted by Gasteiger charge is 2.29. The van der Waals surface area contributed by atoms with E-state index in [2.05, 4.69) is 31.9 Å². The van der Waals surface area contributed by atoms with Crippen LogP contribution in [0.4, 0.5) is 19.2 Å². The van der Waals surface area contributed by atoms with Crippen LogP contribution in [0.3, 0.4) is 0 Å². The highest BCUT2D eigenvalue weighted by Crippen LogP contribution is 2.12. The fourth-order valence-corrected chi connectivity index (χ4v) is 4.87. The van der Waals surface area contributed by atoms with E-state index in [1.165, 1.54) is 7.11 Å². The molecule has 0 fully saturated rings. The molecule has 0 aromatic heterocycles. The zero-order valence-corrected chi connectivity index (χ0v) is 36.6.